The lowest BCUT2D eigenvalue weighted by atomic mass is 9.77. The zero-order valence-corrected chi connectivity index (χ0v) is 12.6. The highest BCUT2D eigenvalue weighted by atomic mass is 16.5. The van der Waals surface area contributed by atoms with E-state index in [0.29, 0.717) is 5.92 Å². The van der Waals surface area contributed by atoms with Crippen LogP contribution in [0.25, 0.3) is 10.4 Å². The fourth-order valence-corrected chi connectivity index (χ4v) is 3.29. The molecule has 1 aliphatic carbocycles. The van der Waals surface area contributed by atoms with Crippen LogP contribution in [-0.2, 0) is 12.8 Å². The van der Waals surface area contributed by atoms with Crippen molar-refractivity contribution in [3.63, 3.8) is 0 Å². The molecule has 22 heavy (non-hydrogen) atoms. The van der Waals surface area contributed by atoms with Crippen molar-refractivity contribution < 1.29 is 4.74 Å². The summed E-state index contributed by atoms with van der Waals surface area (Å²) in [6, 6.07) is 16.4. The number of benzene rings is 2. The molecule has 3 rings (SSSR count). The third kappa shape index (κ3) is 2.92. The van der Waals surface area contributed by atoms with Gasteiger partial charge < -0.3 is 4.74 Å². The van der Waals surface area contributed by atoms with Gasteiger partial charge in [-0.1, -0.05) is 41.5 Å². The van der Waals surface area contributed by atoms with Gasteiger partial charge in [-0.15, -0.1) is 0 Å². The van der Waals surface area contributed by atoms with Crippen LogP contribution in [0.5, 0.6) is 5.75 Å². The Kier molecular flexibility index (Phi) is 4.31. The molecule has 2 unspecified atom stereocenters. The van der Waals surface area contributed by atoms with Crippen LogP contribution in [0.15, 0.2) is 53.6 Å². The second-order valence-electron chi connectivity index (χ2n) is 5.70. The van der Waals surface area contributed by atoms with Crippen LogP contribution in [0.4, 0.5) is 0 Å². The standard InChI is InChI=1S/C18H19N3O/c1-22-16-10-6-13(7-11-16)12-15-9-8-14-4-2-3-5-17(14)18(15)20-21-19/h2-7,10-11,15,18H,8-9,12H2,1H3. The monoisotopic (exact) mass is 293 g/mol. The molecular formula is C18H19N3O. The Balaban J connectivity index is 1.85. The predicted octanol–water partition coefficient (Wildman–Crippen LogP) is 4.85. The highest BCUT2D eigenvalue weighted by Crippen LogP contribution is 2.39. The second kappa shape index (κ2) is 6.54. The molecule has 2 aromatic rings. The zero-order chi connectivity index (χ0) is 15.4. The smallest absolute Gasteiger partial charge is 0.118 e. The minimum atomic E-state index is -0.0722. The van der Waals surface area contributed by atoms with Gasteiger partial charge in [-0.05, 0) is 59.5 Å². The minimum absolute atomic E-state index is 0.0722. The second-order valence-corrected chi connectivity index (χ2v) is 5.70. The molecule has 4 heteroatoms. The van der Waals surface area contributed by atoms with Crippen molar-refractivity contribution >= 4 is 0 Å². The van der Waals surface area contributed by atoms with Crippen LogP contribution < -0.4 is 4.74 Å². The molecule has 0 aliphatic heterocycles. The van der Waals surface area contributed by atoms with Gasteiger partial charge in [-0.2, -0.15) is 0 Å². The highest BCUT2D eigenvalue weighted by Gasteiger charge is 2.28. The van der Waals surface area contributed by atoms with E-state index in [0.717, 1.165) is 25.0 Å². The summed E-state index contributed by atoms with van der Waals surface area (Å²) in [5, 5.41) is 4.09. The lowest BCUT2D eigenvalue weighted by Gasteiger charge is -2.30. The van der Waals surface area contributed by atoms with Gasteiger partial charge in [-0.25, -0.2) is 0 Å². The van der Waals surface area contributed by atoms with Crippen LogP contribution >= 0.6 is 0 Å². The molecule has 1 aliphatic rings. The number of hydrogen-bond donors (Lipinski definition) is 0. The molecule has 0 aromatic heterocycles. The summed E-state index contributed by atoms with van der Waals surface area (Å²) in [4.78, 5) is 3.08. The van der Waals surface area contributed by atoms with E-state index >= 15 is 0 Å². The van der Waals surface area contributed by atoms with Gasteiger partial charge in [0.15, 0.2) is 0 Å². The summed E-state index contributed by atoms with van der Waals surface area (Å²) in [7, 11) is 1.67. The first-order valence-corrected chi connectivity index (χ1v) is 7.56. The summed E-state index contributed by atoms with van der Waals surface area (Å²) in [5.41, 5.74) is 12.7. The average molecular weight is 293 g/mol. The molecule has 0 spiro atoms. The van der Waals surface area contributed by atoms with Crippen molar-refractivity contribution in [3.05, 3.63) is 75.7 Å². The largest absolute Gasteiger partial charge is 0.497 e. The number of azide groups is 1. The number of nitrogens with zero attached hydrogens (tertiary/aromatic N) is 3. The quantitative estimate of drug-likeness (QED) is 0.451. The third-order valence-corrected chi connectivity index (χ3v) is 4.44. The van der Waals surface area contributed by atoms with Crippen molar-refractivity contribution in [2.45, 2.75) is 25.3 Å². The Labute approximate surface area is 130 Å². The van der Waals surface area contributed by atoms with Gasteiger partial charge in [0, 0.05) is 4.91 Å². The average Bonchev–Trinajstić information content (AvgIpc) is 2.58. The normalized spacial score (nSPS) is 19.9. The van der Waals surface area contributed by atoms with E-state index in [1.165, 1.54) is 16.7 Å². The Morgan fingerprint density at radius 2 is 1.95 bits per heavy atom. The minimum Gasteiger partial charge on any atom is -0.497 e. The number of fused-ring (bicyclic) bond motifs is 1. The van der Waals surface area contributed by atoms with Gasteiger partial charge in [-0.3, -0.25) is 0 Å². The maximum Gasteiger partial charge on any atom is 0.118 e. The molecule has 0 amide bonds. The number of hydrogen-bond acceptors (Lipinski definition) is 2. The summed E-state index contributed by atoms with van der Waals surface area (Å²) in [5.74, 6) is 1.21. The van der Waals surface area contributed by atoms with Crippen LogP contribution in [0.1, 0.15) is 29.2 Å². The molecule has 0 radical (unpaired) electrons. The van der Waals surface area contributed by atoms with Crippen LogP contribution in [0, 0.1) is 5.92 Å². The first kappa shape index (κ1) is 14.5. The van der Waals surface area contributed by atoms with Crippen molar-refractivity contribution in [2.75, 3.05) is 7.11 Å². The van der Waals surface area contributed by atoms with E-state index in [1.807, 2.05) is 18.2 Å². The van der Waals surface area contributed by atoms with Crippen LogP contribution in [-0.4, -0.2) is 7.11 Å². The van der Waals surface area contributed by atoms with Crippen LogP contribution in [0.2, 0.25) is 0 Å². The number of ether oxygens (including phenoxy) is 1. The molecule has 0 bridgehead atoms. The van der Waals surface area contributed by atoms with Crippen molar-refractivity contribution in [1.82, 2.24) is 0 Å². The summed E-state index contributed by atoms with van der Waals surface area (Å²) in [6.07, 6.45) is 3.02. The highest BCUT2D eigenvalue weighted by molar-refractivity contribution is 5.34. The number of rotatable bonds is 4. The zero-order valence-electron chi connectivity index (χ0n) is 12.6. The maximum atomic E-state index is 8.94. The van der Waals surface area contributed by atoms with E-state index in [1.54, 1.807) is 7.11 Å². The molecule has 2 aromatic carbocycles. The summed E-state index contributed by atoms with van der Waals surface area (Å²) >= 11 is 0. The van der Waals surface area contributed by atoms with E-state index in [4.69, 9.17) is 10.3 Å². The van der Waals surface area contributed by atoms with Crippen molar-refractivity contribution in [3.8, 4) is 5.75 Å². The Morgan fingerprint density at radius 1 is 1.18 bits per heavy atom. The van der Waals surface area contributed by atoms with Gasteiger partial charge >= 0.3 is 0 Å². The molecule has 2 atom stereocenters. The molecule has 0 N–H and O–H groups in total. The van der Waals surface area contributed by atoms with Crippen LogP contribution in [0.3, 0.4) is 0 Å². The molecule has 0 heterocycles. The maximum absolute atomic E-state index is 8.94. The fourth-order valence-electron chi connectivity index (χ4n) is 3.29. The van der Waals surface area contributed by atoms with E-state index in [-0.39, 0.29) is 6.04 Å². The number of methoxy groups -OCH3 is 1. The van der Waals surface area contributed by atoms with E-state index in [2.05, 4.69) is 40.4 Å². The summed E-state index contributed by atoms with van der Waals surface area (Å²) in [6.45, 7) is 0. The third-order valence-electron chi connectivity index (χ3n) is 4.44. The Morgan fingerprint density at radius 3 is 2.68 bits per heavy atom. The van der Waals surface area contributed by atoms with Crippen molar-refractivity contribution in [1.29, 1.82) is 0 Å². The van der Waals surface area contributed by atoms with E-state index < -0.39 is 0 Å². The van der Waals surface area contributed by atoms with E-state index in [9.17, 15) is 0 Å². The molecule has 0 saturated heterocycles. The topological polar surface area (TPSA) is 58.0 Å². The lowest BCUT2D eigenvalue weighted by Crippen LogP contribution is -2.21. The summed E-state index contributed by atoms with van der Waals surface area (Å²) < 4.78 is 5.20. The van der Waals surface area contributed by atoms with Crippen molar-refractivity contribution in [2.24, 2.45) is 11.0 Å². The van der Waals surface area contributed by atoms with Gasteiger partial charge in [0.25, 0.3) is 0 Å². The predicted molar refractivity (Wildman–Crippen MR) is 86.8 cm³/mol. The number of aryl methyl sites for hydroxylation is 1. The fraction of sp³-hybridized carbons (Fsp3) is 0.333. The Bertz CT molecular complexity index is 690. The van der Waals surface area contributed by atoms with Gasteiger partial charge in [0.05, 0.1) is 13.2 Å². The first-order valence-electron chi connectivity index (χ1n) is 7.56. The van der Waals surface area contributed by atoms with Gasteiger partial charge in [0.1, 0.15) is 5.75 Å². The molecule has 0 saturated carbocycles. The molecule has 0 fully saturated rings. The molecule has 112 valence electrons. The Hall–Kier alpha value is -2.45. The van der Waals surface area contributed by atoms with Gasteiger partial charge in [0.2, 0.25) is 0 Å². The SMILES string of the molecule is COc1ccc(CC2CCc3ccccc3C2N=[N+]=[N-])cc1. The first-order chi connectivity index (χ1) is 10.8. The lowest BCUT2D eigenvalue weighted by molar-refractivity contribution is 0.375. The molecular weight excluding hydrogens is 274 g/mol. The molecule has 4 nitrogen and oxygen atoms in total.